The average molecular weight is 368 g/mol. The molecule has 0 heterocycles. The van der Waals surface area contributed by atoms with Crippen LogP contribution < -0.4 is 10.5 Å². The zero-order chi connectivity index (χ0) is 17.5. The van der Waals surface area contributed by atoms with Crippen LogP contribution in [0.4, 0.5) is 0 Å². The zero-order valence-corrected chi connectivity index (χ0v) is 14.6. The molecular formula is C17H18ClNO4S. The molecule has 0 unspecified atom stereocenters. The third-order valence-corrected chi connectivity index (χ3v) is 7.09. The monoisotopic (exact) mass is 367 g/mol. The molecule has 128 valence electrons. The van der Waals surface area contributed by atoms with Gasteiger partial charge in [0.15, 0.2) is 9.84 Å². The van der Waals surface area contributed by atoms with Gasteiger partial charge in [0.25, 0.3) is 0 Å². The van der Waals surface area contributed by atoms with E-state index in [9.17, 15) is 13.5 Å². The topological polar surface area (TPSA) is 89.6 Å². The number of benzene rings is 2. The number of aliphatic hydroxyl groups excluding tert-OH is 1. The van der Waals surface area contributed by atoms with E-state index >= 15 is 0 Å². The van der Waals surface area contributed by atoms with E-state index in [0.717, 1.165) is 5.56 Å². The number of methoxy groups -OCH3 is 1. The molecule has 0 aromatic heterocycles. The molecule has 3 rings (SSSR count). The predicted molar refractivity (Wildman–Crippen MR) is 92.2 cm³/mol. The molecule has 5 nitrogen and oxygen atoms in total. The van der Waals surface area contributed by atoms with Gasteiger partial charge in [0, 0.05) is 10.9 Å². The first-order chi connectivity index (χ1) is 11.3. The number of hydrogen-bond acceptors (Lipinski definition) is 5. The fourth-order valence-electron chi connectivity index (χ4n) is 3.15. The maximum absolute atomic E-state index is 12.9. The quantitative estimate of drug-likeness (QED) is 0.843. The van der Waals surface area contributed by atoms with Crippen molar-refractivity contribution in [3.63, 3.8) is 0 Å². The van der Waals surface area contributed by atoms with Crippen LogP contribution in [0.5, 0.6) is 5.75 Å². The van der Waals surface area contributed by atoms with E-state index in [0.29, 0.717) is 10.8 Å². The first-order valence-electron chi connectivity index (χ1n) is 7.38. The molecular weight excluding hydrogens is 350 g/mol. The summed E-state index contributed by atoms with van der Waals surface area (Å²) in [5.74, 6) is 0.192. The van der Waals surface area contributed by atoms with Gasteiger partial charge in [-0.25, -0.2) is 8.42 Å². The van der Waals surface area contributed by atoms with Gasteiger partial charge in [-0.3, -0.25) is 0 Å². The lowest BCUT2D eigenvalue weighted by Gasteiger charge is -2.08. The number of sulfone groups is 1. The molecule has 0 spiro atoms. The second kappa shape index (κ2) is 6.04. The summed E-state index contributed by atoms with van der Waals surface area (Å²) in [7, 11) is -2.13. The fraction of sp³-hybridized carbons (Fsp3) is 0.294. The van der Waals surface area contributed by atoms with E-state index in [2.05, 4.69) is 0 Å². The highest BCUT2D eigenvalue weighted by Gasteiger charge is 2.69. The Kier molecular flexibility index (Phi) is 4.34. The lowest BCUT2D eigenvalue weighted by molar-refractivity contribution is 0.253. The SMILES string of the molecule is COc1ccc([C@@H]2[C@@H](S(=O)(=O)c3ccc(Cl)cc3)[C@]2(N)CO)cc1. The van der Waals surface area contributed by atoms with Crippen LogP contribution in [0.2, 0.25) is 5.02 Å². The summed E-state index contributed by atoms with van der Waals surface area (Å²) in [6.45, 7) is -0.415. The van der Waals surface area contributed by atoms with E-state index in [1.807, 2.05) is 0 Å². The Morgan fingerprint density at radius 1 is 1.17 bits per heavy atom. The van der Waals surface area contributed by atoms with E-state index in [1.54, 1.807) is 31.4 Å². The fourth-order valence-corrected chi connectivity index (χ4v) is 5.57. The van der Waals surface area contributed by atoms with Gasteiger partial charge in [0.2, 0.25) is 0 Å². The minimum atomic E-state index is -3.69. The first-order valence-corrected chi connectivity index (χ1v) is 9.30. The molecule has 1 fully saturated rings. The molecule has 1 saturated carbocycles. The highest BCUT2D eigenvalue weighted by atomic mass is 35.5. The van der Waals surface area contributed by atoms with Crippen molar-refractivity contribution in [1.29, 1.82) is 0 Å². The van der Waals surface area contributed by atoms with Gasteiger partial charge >= 0.3 is 0 Å². The Labute approximate surface area is 145 Å². The summed E-state index contributed by atoms with van der Waals surface area (Å²) in [4.78, 5) is 0.149. The molecule has 2 aromatic carbocycles. The highest BCUT2D eigenvalue weighted by molar-refractivity contribution is 7.92. The number of nitrogens with two attached hydrogens (primary N) is 1. The van der Waals surface area contributed by atoms with Gasteiger partial charge in [0.1, 0.15) is 5.75 Å². The minimum absolute atomic E-state index is 0.149. The molecule has 0 amide bonds. The van der Waals surface area contributed by atoms with Crippen molar-refractivity contribution in [2.24, 2.45) is 5.73 Å². The average Bonchev–Trinajstić information content (AvgIpc) is 3.23. The zero-order valence-electron chi connectivity index (χ0n) is 13.0. The summed E-state index contributed by atoms with van der Waals surface area (Å²) >= 11 is 5.82. The molecule has 2 aromatic rings. The summed E-state index contributed by atoms with van der Waals surface area (Å²) in [5.41, 5.74) is 5.76. The Bertz CT molecular complexity index is 836. The number of ether oxygens (including phenoxy) is 1. The van der Waals surface area contributed by atoms with Crippen molar-refractivity contribution in [3.05, 3.63) is 59.1 Å². The van der Waals surface area contributed by atoms with Crippen molar-refractivity contribution in [3.8, 4) is 5.75 Å². The second-order valence-electron chi connectivity index (χ2n) is 5.94. The van der Waals surface area contributed by atoms with E-state index in [-0.39, 0.29) is 4.90 Å². The lowest BCUT2D eigenvalue weighted by atomic mass is 10.1. The van der Waals surface area contributed by atoms with Crippen LogP contribution in [0, 0.1) is 0 Å². The number of halogens is 1. The molecule has 3 atom stereocenters. The van der Waals surface area contributed by atoms with Crippen molar-refractivity contribution in [2.75, 3.05) is 13.7 Å². The minimum Gasteiger partial charge on any atom is -0.497 e. The van der Waals surface area contributed by atoms with Crippen LogP contribution in [0.3, 0.4) is 0 Å². The molecule has 0 bridgehead atoms. The van der Waals surface area contributed by atoms with Gasteiger partial charge in [-0.1, -0.05) is 23.7 Å². The third kappa shape index (κ3) is 2.69. The Hall–Kier alpha value is -1.60. The Morgan fingerprint density at radius 3 is 2.25 bits per heavy atom. The molecule has 7 heteroatoms. The van der Waals surface area contributed by atoms with E-state index in [1.165, 1.54) is 24.3 Å². The van der Waals surface area contributed by atoms with Crippen LogP contribution in [-0.2, 0) is 9.84 Å². The van der Waals surface area contributed by atoms with Crippen LogP contribution >= 0.6 is 11.6 Å². The second-order valence-corrected chi connectivity index (χ2v) is 8.45. The van der Waals surface area contributed by atoms with Crippen LogP contribution in [0.15, 0.2) is 53.4 Å². The highest BCUT2D eigenvalue weighted by Crippen LogP contribution is 2.55. The molecule has 1 aliphatic carbocycles. The van der Waals surface area contributed by atoms with Crippen LogP contribution in [-0.4, -0.2) is 38.0 Å². The van der Waals surface area contributed by atoms with Crippen molar-refractivity contribution in [1.82, 2.24) is 0 Å². The third-order valence-electron chi connectivity index (χ3n) is 4.53. The summed E-state index contributed by atoms with van der Waals surface area (Å²) in [6.07, 6.45) is 0. The summed E-state index contributed by atoms with van der Waals surface area (Å²) < 4.78 is 31.0. The number of hydrogen-bond donors (Lipinski definition) is 2. The van der Waals surface area contributed by atoms with Crippen LogP contribution in [0.1, 0.15) is 11.5 Å². The van der Waals surface area contributed by atoms with Gasteiger partial charge in [0.05, 0.1) is 29.4 Å². The summed E-state index contributed by atoms with van der Waals surface area (Å²) in [5, 5.41) is 9.26. The van der Waals surface area contributed by atoms with Crippen molar-refractivity contribution in [2.45, 2.75) is 21.6 Å². The van der Waals surface area contributed by atoms with Gasteiger partial charge in [-0.15, -0.1) is 0 Å². The Balaban J connectivity index is 1.98. The molecule has 0 aliphatic heterocycles. The normalized spacial score (nSPS) is 26.2. The largest absolute Gasteiger partial charge is 0.497 e. The van der Waals surface area contributed by atoms with Gasteiger partial charge in [-0.2, -0.15) is 0 Å². The maximum atomic E-state index is 12.9. The van der Waals surface area contributed by atoms with Gasteiger partial charge in [-0.05, 0) is 42.0 Å². The summed E-state index contributed by atoms with van der Waals surface area (Å²) in [6, 6.07) is 13.0. The maximum Gasteiger partial charge on any atom is 0.183 e. The standard InChI is InChI=1S/C17H18ClNO4S/c1-23-13-6-2-11(3-7-13)15-16(17(15,19)10-20)24(21,22)14-8-4-12(18)5-9-14/h2-9,15-16,20H,10,19H2,1H3/t15-,16-,17+/m1/s1. The van der Waals surface area contributed by atoms with Gasteiger partial charge < -0.3 is 15.6 Å². The molecule has 0 radical (unpaired) electrons. The first kappa shape index (κ1) is 17.2. The molecule has 1 aliphatic rings. The van der Waals surface area contributed by atoms with Crippen LogP contribution in [0.25, 0.3) is 0 Å². The smallest absolute Gasteiger partial charge is 0.183 e. The molecule has 3 N–H and O–H groups in total. The van der Waals surface area contributed by atoms with E-state index in [4.69, 9.17) is 22.1 Å². The molecule has 24 heavy (non-hydrogen) atoms. The van der Waals surface area contributed by atoms with Crippen molar-refractivity contribution >= 4 is 21.4 Å². The molecule has 0 saturated heterocycles. The van der Waals surface area contributed by atoms with E-state index < -0.39 is 33.2 Å². The number of aliphatic hydroxyl groups is 1. The van der Waals surface area contributed by atoms with Crippen molar-refractivity contribution < 1.29 is 18.3 Å². The Morgan fingerprint density at radius 2 is 1.75 bits per heavy atom. The lowest BCUT2D eigenvalue weighted by Crippen LogP contribution is -2.35. The predicted octanol–water partition coefficient (Wildman–Crippen LogP) is 1.98. The number of rotatable bonds is 5.